The smallest absolute Gasteiger partial charge is 0.109 e. The van der Waals surface area contributed by atoms with Gasteiger partial charge in [0.05, 0.1) is 11.0 Å². The number of rotatable bonds is 7. The predicted molar refractivity (Wildman–Crippen MR) is 81.1 cm³/mol. The van der Waals surface area contributed by atoms with E-state index < -0.39 is 0 Å². The van der Waals surface area contributed by atoms with Gasteiger partial charge in [0, 0.05) is 13.5 Å². The molecular weight excluding hydrogens is 234 g/mol. The minimum absolute atomic E-state index is 0.745. The summed E-state index contributed by atoms with van der Waals surface area (Å²) in [6, 6.07) is 8.34. The van der Waals surface area contributed by atoms with Crippen LogP contribution in [0, 0.1) is 5.92 Å². The SMILES string of the molecule is CCCC(CCN)CCc1nc2ccccc2n1C. The molecule has 1 aromatic heterocycles. The molecule has 104 valence electrons. The van der Waals surface area contributed by atoms with Crippen molar-refractivity contribution in [3.63, 3.8) is 0 Å². The van der Waals surface area contributed by atoms with Crippen molar-refractivity contribution in [2.75, 3.05) is 6.54 Å². The summed E-state index contributed by atoms with van der Waals surface area (Å²) in [5, 5.41) is 0. The van der Waals surface area contributed by atoms with Gasteiger partial charge in [0.15, 0.2) is 0 Å². The highest BCUT2D eigenvalue weighted by atomic mass is 15.1. The number of nitrogens with zero attached hydrogens (tertiary/aromatic N) is 2. The van der Waals surface area contributed by atoms with Gasteiger partial charge in [0.2, 0.25) is 0 Å². The molecule has 0 aliphatic carbocycles. The van der Waals surface area contributed by atoms with E-state index in [1.807, 2.05) is 6.07 Å². The lowest BCUT2D eigenvalue weighted by molar-refractivity contribution is 0.416. The molecule has 2 rings (SSSR count). The lowest BCUT2D eigenvalue weighted by Gasteiger charge is -2.14. The lowest BCUT2D eigenvalue weighted by atomic mass is 9.94. The molecule has 1 aromatic carbocycles. The Balaban J connectivity index is 2.06. The van der Waals surface area contributed by atoms with E-state index >= 15 is 0 Å². The van der Waals surface area contributed by atoms with E-state index in [-0.39, 0.29) is 0 Å². The van der Waals surface area contributed by atoms with E-state index in [1.54, 1.807) is 0 Å². The third-order valence-corrected chi connectivity index (χ3v) is 3.93. The monoisotopic (exact) mass is 259 g/mol. The Morgan fingerprint density at radius 1 is 1.21 bits per heavy atom. The molecule has 0 spiro atoms. The van der Waals surface area contributed by atoms with Crippen LogP contribution < -0.4 is 5.73 Å². The molecule has 0 saturated heterocycles. The van der Waals surface area contributed by atoms with Gasteiger partial charge in [0.1, 0.15) is 5.82 Å². The van der Waals surface area contributed by atoms with Crippen LogP contribution >= 0.6 is 0 Å². The van der Waals surface area contributed by atoms with Crippen LogP contribution in [0.25, 0.3) is 11.0 Å². The molecular formula is C16H25N3. The Labute approximate surface area is 115 Å². The zero-order valence-corrected chi connectivity index (χ0v) is 12.1. The third-order valence-electron chi connectivity index (χ3n) is 3.93. The molecule has 0 fully saturated rings. The fourth-order valence-corrected chi connectivity index (χ4v) is 2.83. The first-order valence-corrected chi connectivity index (χ1v) is 7.36. The molecule has 0 radical (unpaired) electrons. The maximum absolute atomic E-state index is 5.70. The summed E-state index contributed by atoms with van der Waals surface area (Å²) in [7, 11) is 2.11. The second kappa shape index (κ2) is 6.71. The topological polar surface area (TPSA) is 43.8 Å². The average Bonchev–Trinajstić information content (AvgIpc) is 2.74. The van der Waals surface area contributed by atoms with Gasteiger partial charge in [-0.1, -0.05) is 31.9 Å². The molecule has 0 bridgehead atoms. The molecule has 0 saturated carbocycles. The second-order valence-electron chi connectivity index (χ2n) is 5.35. The number of nitrogens with two attached hydrogens (primary N) is 1. The molecule has 19 heavy (non-hydrogen) atoms. The number of aromatic nitrogens is 2. The van der Waals surface area contributed by atoms with Crippen LogP contribution in [0.3, 0.4) is 0 Å². The van der Waals surface area contributed by atoms with Gasteiger partial charge >= 0.3 is 0 Å². The van der Waals surface area contributed by atoms with Gasteiger partial charge in [0.25, 0.3) is 0 Å². The normalized spacial score (nSPS) is 13.0. The van der Waals surface area contributed by atoms with Gasteiger partial charge in [-0.3, -0.25) is 0 Å². The fraction of sp³-hybridized carbons (Fsp3) is 0.562. The summed E-state index contributed by atoms with van der Waals surface area (Å²) in [6.07, 6.45) is 5.91. The Hall–Kier alpha value is -1.35. The largest absolute Gasteiger partial charge is 0.331 e. The molecule has 2 N–H and O–H groups in total. The molecule has 1 unspecified atom stereocenters. The highest BCUT2D eigenvalue weighted by Crippen LogP contribution is 2.20. The van der Waals surface area contributed by atoms with E-state index in [2.05, 4.69) is 36.7 Å². The quantitative estimate of drug-likeness (QED) is 0.829. The number of para-hydroxylation sites is 2. The van der Waals surface area contributed by atoms with Crippen molar-refractivity contribution < 1.29 is 0 Å². The van der Waals surface area contributed by atoms with Crippen molar-refractivity contribution in [2.24, 2.45) is 18.7 Å². The number of hydrogen-bond acceptors (Lipinski definition) is 2. The number of aryl methyl sites for hydroxylation is 2. The Bertz CT molecular complexity index is 510. The van der Waals surface area contributed by atoms with Crippen molar-refractivity contribution in [2.45, 2.75) is 39.0 Å². The van der Waals surface area contributed by atoms with E-state index in [4.69, 9.17) is 10.7 Å². The minimum Gasteiger partial charge on any atom is -0.331 e. The van der Waals surface area contributed by atoms with E-state index in [9.17, 15) is 0 Å². The van der Waals surface area contributed by atoms with E-state index in [0.717, 1.165) is 30.8 Å². The standard InChI is InChI=1S/C16H25N3/c1-3-6-13(11-12-17)9-10-16-18-14-7-4-5-8-15(14)19(16)2/h4-5,7-8,13H,3,6,9-12,17H2,1-2H3. The van der Waals surface area contributed by atoms with Crippen molar-refractivity contribution in [1.82, 2.24) is 9.55 Å². The first-order valence-electron chi connectivity index (χ1n) is 7.36. The first kappa shape index (κ1) is 14.1. The first-order chi connectivity index (χ1) is 9.26. The van der Waals surface area contributed by atoms with Crippen molar-refractivity contribution in [3.05, 3.63) is 30.1 Å². The number of benzene rings is 1. The summed E-state index contributed by atoms with van der Waals surface area (Å²) in [4.78, 5) is 4.74. The molecule has 0 aliphatic rings. The predicted octanol–water partition coefficient (Wildman–Crippen LogP) is 3.27. The van der Waals surface area contributed by atoms with Crippen molar-refractivity contribution in [3.8, 4) is 0 Å². The van der Waals surface area contributed by atoms with Gasteiger partial charge < -0.3 is 10.3 Å². The van der Waals surface area contributed by atoms with Crippen LogP contribution in [-0.4, -0.2) is 16.1 Å². The average molecular weight is 259 g/mol. The summed E-state index contributed by atoms with van der Waals surface area (Å²) in [5.74, 6) is 1.94. The van der Waals surface area contributed by atoms with Crippen LogP contribution in [0.2, 0.25) is 0 Å². The van der Waals surface area contributed by atoms with Crippen molar-refractivity contribution in [1.29, 1.82) is 0 Å². The maximum atomic E-state index is 5.70. The number of hydrogen-bond donors (Lipinski definition) is 1. The Morgan fingerprint density at radius 3 is 2.68 bits per heavy atom. The Kier molecular flexibility index (Phi) is 4.97. The second-order valence-corrected chi connectivity index (χ2v) is 5.35. The van der Waals surface area contributed by atoms with Crippen LogP contribution in [0.15, 0.2) is 24.3 Å². The molecule has 1 atom stereocenters. The van der Waals surface area contributed by atoms with Crippen LogP contribution in [0.1, 0.15) is 38.4 Å². The summed E-state index contributed by atoms with van der Waals surface area (Å²) in [5.41, 5.74) is 8.03. The van der Waals surface area contributed by atoms with Crippen molar-refractivity contribution >= 4 is 11.0 Å². The zero-order valence-electron chi connectivity index (χ0n) is 12.1. The summed E-state index contributed by atoms with van der Waals surface area (Å²) >= 11 is 0. The minimum atomic E-state index is 0.745. The molecule has 3 heteroatoms. The van der Waals surface area contributed by atoms with Gasteiger partial charge in [-0.25, -0.2) is 4.98 Å². The molecule has 3 nitrogen and oxygen atoms in total. The lowest BCUT2D eigenvalue weighted by Crippen LogP contribution is -2.11. The maximum Gasteiger partial charge on any atom is 0.109 e. The Morgan fingerprint density at radius 2 is 2.00 bits per heavy atom. The highest BCUT2D eigenvalue weighted by Gasteiger charge is 2.11. The van der Waals surface area contributed by atoms with E-state index in [0.29, 0.717) is 0 Å². The fourth-order valence-electron chi connectivity index (χ4n) is 2.83. The van der Waals surface area contributed by atoms with E-state index in [1.165, 1.54) is 30.6 Å². The third kappa shape index (κ3) is 3.35. The van der Waals surface area contributed by atoms with Crippen LogP contribution in [-0.2, 0) is 13.5 Å². The molecule has 0 amide bonds. The summed E-state index contributed by atoms with van der Waals surface area (Å²) in [6.45, 7) is 3.05. The van der Waals surface area contributed by atoms with Gasteiger partial charge in [-0.15, -0.1) is 0 Å². The summed E-state index contributed by atoms with van der Waals surface area (Å²) < 4.78 is 2.22. The van der Waals surface area contributed by atoms with Gasteiger partial charge in [-0.2, -0.15) is 0 Å². The zero-order chi connectivity index (χ0) is 13.7. The molecule has 1 heterocycles. The number of fused-ring (bicyclic) bond motifs is 1. The van der Waals surface area contributed by atoms with Gasteiger partial charge in [-0.05, 0) is 37.4 Å². The molecule has 2 aromatic rings. The van der Waals surface area contributed by atoms with Crippen LogP contribution in [0.5, 0.6) is 0 Å². The number of imidazole rings is 1. The highest BCUT2D eigenvalue weighted by molar-refractivity contribution is 5.75. The molecule has 0 aliphatic heterocycles. The van der Waals surface area contributed by atoms with Crippen LogP contribution in [0.4, 0.5) is 0 Å².